The molecule has 1 aliphatic rings. The van der Waals surface area contributed by atoms with Crippen molar-refractivity contribution in [1.82, 2.24) is 5.32 Å². The minimum absolute atomic E-state index is 0.429. The van der Waals surface area contributed by atoms with Crippen molar-refractivity contribution < 1.29 is 0 Å². The Bertz CT molecular complexity index is 415. The molecule has 0 radical (unpaired) electrons. The first-order valence-corrected chi connectivity index (χ1v) is 9.64. The lowest BCUT2D eigenvalue weighted by Crippen LogP contribution is -2.20. The molecular weight excluding hydrogens is 330 g/mol. The molecule has 1 saturated carbocycles. The number of hydrogen-bond acceptors (Lipinski definition) is 2. The largest absolute Gasteiger partial charge is 0.310 e. The van der Waals surface area contributed by atoms with Gasteiger partial charge >= 0.3 is 0 Å². The molecule has 1 aromatic carbocycles. The van der Waals surface area contributed by atoms with Crippen molar-refractivity contribution in [3.05, 3.63) is 28.2 Å². The van der Waals surface area contributed by atoms with Crippen LogP contribution in [0.5, 0.6) is 0 Å². The Morgan fingerprint density at radius 2 is 2.10 bits per heavy atom. The SMILES string of the molecule is CCCNC(C)c1cc(Br)ccc1SCC1CCCC1. The van der Waals surface area contributed by atoms with Crippen LogP contribution in [-0.2, 0) is 0 Å². The molecule has 0 saturated heterocycles. The molecule has 1 nitrogen and oxygen atoms in total. The second-order valence-electron chi connectivity index (χ2n) is 5.82. The number of rotatable bonds is 7. The molecule has 1 aromatic rings. The summed E-state index contributed by atoms with van der Waals surface area (Å²) in [4.78, 5) is 1.45. The summed E-state index contributed by atoms with van der Waals surface area (Å²) in [6.07, 6.45) is 6.92. The molecule has 1 aliphatic carbocycles. The quantitative estimate of drug-likeness (QED) is 0.621. The fourth-order valence-electron chi connectivity index (χ4n) is 2.84. The van der Waals surface area contributed by atoms with E-state index in [9.17, 15) is 0 Å². The van der Waals surface area contributed by atoms with Crippen LogP contribution in [-0.4, -0.2) is 12.3 Å². The first-order chi connectivity index (χ1) is 9.70. The number of thioether (sulfide) groups is 1. The Balaban J connectivity index is 2.02. The minimum atomic E-state index is 0.429. The fraction of sp³-hybridized carbons (Fsp3) is 0.647. The Hall–Kier alpha value is 0.01000. The molecule has 0 heterocycles. The van der Waals surface area contributed by atoms with E-state index in [1.807, 2.05) is 0 Å². The second kappa shape index (κ2) is 8.45. The summed E-state index contributed by atoms with van der Waals surface area (Å²) in [5.74, 6) is 2.23. The molecule has 1 fully saturated rings. The molecule has 0 spiro atoms. The lowest BCUT2D eigenvalue weighted by molar-refractivity contribution is 0.563. The highest BCUT2D eigenvalue weighted by Gasteiger charge is 2.17. The molecule has 1 atom stereocenters. The van der Waals surface area contributed by atoms with Crippen molar-refractivity contribution in [3.63, 3.8) is 0 Å². The zero-order valence-corrected chi connectivity index (χ0v) is 15.0. The summed E-state index contributed by atoms with van der Waals surface area (Å²) < 4.78 is 1.18. The Morgan fingerprint density at radius 1 is 1.35 bits per heavy atom. The van der Waals surface area contributed by atoms with Gasteiger partial charge in [0.25, 0.3) is 0 Å². The second-order valence-corrected chi connectivity index (χ2v) is 7.80. The third-order valence-electron chi connectivity index (χ3n) is 4.09. The first-order valence-electron chi connectivity index (χ1n) is 7.86. The summed E-state index contributed by atoms with van der Waals surface area (Å²) in [7, 11) is 0. The van der Waals surface area contributed by atoms with E-state index in [1.54, 1.807) is 0 Å². The minimum Gasteiger partial charge on any atom is -0.310 e. The number of halogens is 1. The third-order valence-corrected chi connectivity index (χ3v) is 5.90. The fourth-order valence-corrected chi connectivity index (χ4v) is 4.54. The molecule has 0 aliphatic heterocycles. The monoisotopic (exact) mass is 355 g/mol. The van der Waals surface area contributed by atoms with Gasteiger partial charge in [0.05, 0.1) is 0 Å². The van der Waals surface area contributed by atoms with Crippen LogP contribution < -0.4 is 5.32 Å². The molecular formula is C17H26BrNS. The van der Waals surface area contributed by atoms with Crippen LogP contribution in [0.4, 0.5) is 0 Å². The number of hydrogen-bond donors (Lipinski definition) is 1. The molecule has 0 amide bonds. The van der Waals surface area contributed by atoms with Gasteiger partial charge in [0.2, 0.25) is 0 Å². The van der Waals surface area contributed by atoms with Gasteiger partial charge in [-0.1, -0.05) is 35.7 Å². The van der Waals surface area contributed by atoms with Crippen LogP contribution in [0.25, 0.3) is 0 Å². The normalized spacial score (nSPS) is 17.6. The molecule has 1 unspecified atom stereocenters. The van der Waals surface area contributed by atoms with Crippen LogP contribution >= 0.6 is 27.7 Å². The van der Waals surface area contributed by atoms with Crippen LogP contribution in [0.15, 0.2) is 27.6 Å². The first kappa shape index (κ1) is 16.4. The zero-order valence-electron chi connectivity index (χ0n) is 12.6. The van der Waals surface area contributed by atoms with E-state index in [2.05, 4.69) is 65.1 Å². The van der Waals surface area contributed by atoms with E-state index in [0.717, 1.165) is 12.5 Å². The van der Waals surface area contributed by atoms with Crippen molar-refractivity contribution in [3.8, 4) is 0 Å². The molecule has 0 aromatic heterocycles. The van der Waals surface area contributed by atoms with Gasteiger partial charge in [-0.15, -0.1) is 11.8 Å². The smallest absolute Gasteiger partial charge is 0.0303 e. The van der Waals surface area contributed by atoms with Crippen molar-refractivity contribution in [2.24, 2.45) is 5.92 Å². The van der Waals surface area contributed by atoms with E-state index >= 15 is 0 Å². The standard InChI is InChI=1S/C17H26BrNS/c1-3-10-19-13(2)16-11-15(18)8-9-17(16)20-12-14-6-4-5-7-14/h8-9,11,13-14,19H,3-7,10,12H2,1-2H3. The molecule has 112 valence electrons. The third kappa shape index (κ3) is 4.78. The average Bonchev–Trinajstić information content (AvgIpc) is 2.96. The van der Waals surface area contributed by atoms with Crippen LogP contribution in [0.1, 0.15) is 57.6 Å². The molecule has 0 bridgehead atoms. The topological polar surface area (TPSA) is 12.0 Å². The van der Waals surface area contributed by atoms with Crippen LogP contribution in [0.2, 0.25) is 0 Å². The summed E-state index contributed by atoms with van der Waals surface area (Å²) in [6, 6.07) is 7.17. The maximum atomic E-state index is 3.61. The van der Waals surface area contributed by atoms with Gasteiger partial charge in [0, 0.05) is 21.2 Å². The van der Waals surface area contributed by atoms with Crippen molar-refractivity contribution in [1.29, 1.82) is 0 Å². The highest BCUT2D eigenvalue weighted by molar-refractivity contribution is 9.10. The van der Waals surface area contributed by atoms with E-state index in [4.69, 9.17) is 0 Å². The van der Waals surface area contributed by atoms with E-state index in [1.165, 1.54) is 52.8 Å². The highest BCUT2D eigenvalue weighted by atomic mass is 79.9. The lowest BCUT2D eigenvalue weighted by atomic mass is 10.1. The maximum absolute atomic E-state index is 3.61. The predicted molar refractivity (Wildman–Crippen MR) is 93.5 cm³/mol. The Labute approximate surface area is 136 Å². The van der Waals surface area contributed by atoms with E-state index in [-0.39, 0.29) is 0 Å². The van der Waals surface area contributed by atoms with Crippen LogP contribution in [0, 0.1) is 5.92 Å². The zero-order chi connectivity index (χ0) is 14.4. The van der Waals surface area contributed by atoms with Gasteiger partial charge in [0.15, 0.2) is 0 Å². The van der Waals surface area contributed by atoms with Gasteiger partial charge in [0.1, 0.15) is 0 Å². The van der Waals surface area contributed by atoms with Crippen molar-refractivity contribution in [2.45, 2.75) is 56.9 Å². The number of nitrogens with one attached hydrogen (secondary N) is 1. The maximum Gasteiger partial charge on any atom is 0.0303 e. The van der Waals surface area contributed by atoms with Gasteiger partial charge < -0.3 is 5.32 Å². The summed E-state index contributed by atoms with van der Waals surface area (Å²) in [5, 5.41) is 3.61. The molecule has 3 heteroatoms. The Kier molecular flexibility index (Phi) is 6.92. The van der Waals surface area contributed by atoms with Gasteiger partial charge in [-0.2, -0.15) is 0 Å². The van der Waals surface area contributed by atoms with Gasteiger partial charge in [-0.25, -0.2) is 0 Å². The van der Waals surface area contributed by atoms with Crippen molar-refractivity contribution in [2.75, 3.05) is 12.3 Å². The summed E-state index contributed by atoms with van der Waals surface area (Å²) >= 11 is 5.67. The van der Waals surface area contributed by atoms with Gasteiger partial charge in [-0.05, 0) is 62.4 Å². The molecule has 20 heavy (non-hydrogen) atoms. The van der Waals surface area contributed by atoms with Crippen LogP contribution in [0.3, 0.4) is 0 Å². The predicted octanol–water partition coefficient (Wildman–Crippen LogP) is 5.79. The summed E-state index contributed by atoms with van der Waals surface area (Å²) in [5.41, 5.74) is 1.44. The average molecular weight is 356 g/mol. The number of benzene rings is 1. The van der Waals surface area contributed by atoms with E-state index in [0.29, 0.717) is 6.04 Å². The molecule has 1 N–H and O–H groups in total. The highest BCUT2D eigenvalue weighted by Crippen LogP contribution is 2.35. The summed E-state index contributed by atoms with van der Waals surface area (Å²) in [6.45, 7) is 5.58. The van der Waals surface area contributed by atoms with E-state index < -0.39 is 0 Å². The molecule has 2 rings (SSSR count). The lowest BCUT2D eigenvalue weighted by Gasteiger charge is -2.19. The Morgan fingerprint density at radius 3 is 2.80 bits per heavy atom. The van der Waals surface area contributed by atoms with Gasteiger partial charge in [-0.3, -0.25) is 0 Å². The van der Waals surface area contributed by atoms with Crippen molar-refractivity contribution >= 4 is 27.7 Å².